The van der Waals surface area contributed by atoms with Crippen LogP contribution in [0, 0.1) is 17.8 Å². The van der Waals surface area contributed by atoms with Crippen molar-refractivity contribution < 1.29 is 4.79 Å². The molecule has 1 heterocycles. The number of hydrogen-bond donors (Lipinski definition) is 2. The molecule has 0 aromatic carbocycles. The molecule has 1 saturated heterocycles. The highest BCUT2D eigenvalue weighted by molar-refractivity contribution is 5.78. The molecule has 0 aromatic heterocycles. The lowest BCUT2D eigenvalue weighted by Gasteiger charge is -2.32. The molecule has 3 heteroatoms. The van der Waals surface area contributed by atoms with Crippen LogP contribution in [0.3, 0.4) is 0 Å². The first kappa shape index (κ1) is 14.5. The summed E-state index contributed by atoms with van der Waals surface area (Å²) in [4.78, 5) is 11.9. The molecule has 1 amide bonds. The molecule has 0 aromatic rings. The third-order valence-corrected chi connectivity index (χ3v) is 4.16. The maximum Gasteiger partial charge on any atom is 0.223 e. The van der Waals surface area contributed by atoms with E-state index in [1.807, 2.05) is 6.92 Å². The Bertz CT molecular complexity index is 240. The summed E-state index contributed by atoms with van der Waals surface area (Å²) in [7, 11) is 0. The molecule has 0 bridgehead atoms. The van der Waals surface area contributed by atoms with Gasteiger partial charge >= 0.3 is 0 Å². The lowest BCUT2D eigenvalue weighted by atomic mass is 9.88. The summed E-state index contributed by atoms with van der Waals surface area (Å²) in [5.74, 6) is 1.44. The first-order valence-electron chi connectivity index (χ1n) is 7.07. The molecule has 0 spiro atoms. The first-order valence-corrected chi connectivity index (χ1v) is 7.07. The molecule has 0 saturated carbocycles. The van der Waals surface area contributed by atoms with Gasteiger partial charge in [-0.2, -0.15) is 0 Å². The van der Waals surface area contributed by atoms with Gasteiger partial charge in [0.2, 0.25) is 5.91 Å². The smallest absolute Gasteiger partial charge is 0.223 e. The highest BCUT2D eigenvalue weighted by Crippen LogP contribution is 2.19. The van der Waals surface area contributed by atoms with Crippen molar-refractivity contribution in [2.24, 2.45) is 17.8 Å². The van der Waals surface area contributed by atoms with Gasteiger partial charge in [-0.3, -0.25) is 4.79 Å². The largest absolute Gasteiger partial charge is 0.354 e. The highest BCUT2D eigenvalue weighted by atomic mass is 16.1. The van der Waals surface area contributed by atoms with Crippen LogP contribution in [0.5, 0.6) is 0 Å². The van der Waals surface area contributed by atoms with Crippen molar-refractivity contribution in [3.05, 3.63) is 0 Å². The van der Waals surface area contributed by atoms with Crippen LogP contribution in [0.15, 0.2) is 0 Å². The Morgan fingerprint density at radius 3 is 2.71 bits per heavy atom. The van der Waals surface area contributed by atoms with Gasteiger partial charge in [0.25, 0.3) is 0 Å². The number of piperidine rings is 1. The average Bonchev–Trinajstić information content (AvgIpc) is 2.35. The second kappa shape index (κ2) is 7.00. The lowest BCUT2D eigenvalue weighted by Crippen LogP contribution is -2.49. The van der Waals surface area contributed by atoms with E-state index in [9.17, 15) is 4.79 Å². The Balaban J connectivity index is 2.35. The molecule has 3 unspecified atom stereocenters. The summed E-state index contributed by atoms with van der Waals surface area (Å²) in [6.45, 7) is 10.3. The predicted molar refractivity (Wildman–Crippen MR) is 71.8 cm³/mol. The minimum absolute atomic E-state index is 0.110. The van der Waals surface area contributed by atoms with E-state index in [4.69, 9.17) is 0 Å². The predicted octanol–water partition coefficient (Wildman–Crippen LogP) is 2.17. The van der Waals surface area contributed by atoms with Crippen LogP contribution in [0.4, 0.5) is 0 Å². The molecular weight excluding hydrogens is 212 g/mol. The van der Waals surface area contributed by atoms with Crippen molar-refractivity contribution in [1.82, 2.24) is 10.6 Å². The number of amides is 1. The zero-order valence-electron chi connectivity index (χ0n) is 11.8. The van der Waals surface area contributed by atoms with Crippen LogP contribution < -0.4 is 10.6 Å². The lowest BCUT2D eigenvalue weighted by molar-refractivity contribution is -0.125. The van der Waals surface area contributed by atoms with Crippen LogP contribution >= 0.6 is 0 Å². The van der Waals surface area contributed by atoms with E-state index in [0.29, 0.717) is 12.0 Å². The van der Waals surface area contributed by atoms with Crippen LogP contribution in [-0.4, -0.2) is 25.0 Å². The van der Waals surface area contributed by atoms with Crippen LogP contribution in [0.1, 0.15) is 47.0 Å². The molecule has 3 atom stereocenters. The van der Waals surface area contributed by atoms with Crippen molar-refractivity contribution in [3.63, 3.8) is 0 Å². The van der Waals surface area contributed by atoms with Gasteiger partial charge in [0.1, 0.15) is 0 Å². The summed E-state index contributed by atoms with van der Waals surface area (Å²) in [5.41, 5.74) is 0. The van der Waals surface area contributed by atoms with Crippen molar-refractivity contribution in [1.29, 1.82) is 0 Å². The second-order valence-corrected chi connectivity index (χ2v) is 5.65. The number of carbonyl (C=O) groups is 1. The van der Waals surface area contributed by atoms with Crippen molar-refractivity contribution >= 4 is 5.91 Å². The van der Waals surface area contributed by atoms with Gasteiger partial charge in [-0.25, -0.2) is 0 Å². The molecule has 1 aliphatic heterocycles. The van der Waals surface area contributed by atoms with Gasteiger partial charge in [-0.15, -0.1) is 0 Å². The van der Waals surface area contributed by atoms with E-state index >= 15 is 0 Å². The van der Waals surface area contributed by atoms with Crippen molar-refractivity contribution in [2.45, 2.75) is 53.0 Å². The minimum atomic E-state index is 0.110. The van der Waals surface area contributed by atoms with E-state index in [0.717, 1.165) is 19.0 Å². The van der Waals surface area contributed by atoms with E-state index in [-0.39, 0.29) is 11.8 Å². The second-order valence-electron chi connectivity index (χ2n) is 5.65. The van der Waals surface area contributed by atoms with E-state index in [2.05, 4.69) is 31.4 Å². The van der Waals surface area contributed by atoms with Gasteiger partial charge < -0.3 is 10.6 Å². The van der Waals surface area contributed by atoms with E-state index in [1.165, 1.54) is 19.3 Å². The average molecular weight is 240 g/mol. The minimum Gasteiger partial charge on any atom is -0.354 e. The topological polar surface area (TPSA) is 41.1 Å². The zero-order valence-corrected chi connectivity index (χ0v) is 11.8. The summed E-state index contributed by atoms with van der Waals surface area (Å²) < 4.78 is 0. The van der Waals surface area contributed by atoms with Crippen LogP contribution in [-0.2, 0) is 4.79 Å². The fraction of sp³-hybridized carbons (Fsp3) is 0.929. The highest BCUT2D eigenvalue weighted by Gasteiger charge is 2.24. The Hall–Kier alpha value is -0.570. The molecule has 100 valence electrons. The third kappa shape index (κ3) is 4.30. The summed E-state index contributed by atoms with van der Waals surface area (Å²) in [5, 5.41) is 6.63. The van der Waals surface area contributed by atoms with Crippen LogP contribution in [0.2, 0.25) is 0 Å². The van der Waals surface area contributed by atoms with E-state index < -0.39 is 0 Å². The van der Waals surface area contributed by atoms with E-state index in [1.54, 1.807) is 0 Å². The van der Waals surface area contributed by atoms with Gasteiger partial charge in [-0.05, 0) is 31.2 Å². The molecule has 17 heavy (non-hydrogen) atoms. The van der Waals surface area contributed by atoms with Gasteiger partial charge in [0, 0.05) is 18.5 Å². The Kier molecular flexibility index (Phi) is 5.96. The monoisotopic (exact) mass is 240 g/mol. The third-order valence-electron chi connectivity index (χ3n) is 4.16. The number of rotatable bonds is 5. The fourth-order valence-electron chi connectivity index (χ4n) is 2.42. The number of carbonyl (C=O) groups excluding carboxylic acids is 1. The van der Waals surface area contributed by atoms with Crippen LogP contribution in [0.25, 0.3) is 0 Å². The molecule has 1 rings (SSSR count). The summed E-state index contributed by atoms with van der Waals surface area (Å²) in [6.07, 6.45) is 3.77. The molecule has 3 nitrogen and oxygen atoms in total. The normalized spacial score (nSPS) is 26.9. The quantitative estimate of drug-likeness (QED) is 0.773. The zero-order chi connectivity index (χ0) is 12.8. The molecular formula is C14H28N2O. The fourth-order valence-corrected chi connectivity index (χ4v) is 2.42. The Labute approximate surface area is 106 Å². The summed E-state index contributed by atoms with van der Waals surface area (Å²) in [6, 6.07) is 0.470. The molecule has 0 aliphatic carbocycles. The Morgan fingerprint density at radius 2 is 2.12 bits per heavy atom. The number of nitrogens with one attached hydrogen (secondary N) is 2. The number of hydrogen-bond acceptors (Lipinski definition) is 2. The molecule has 2 N–H and O–H groups in total. The standard InChI is InChI=1S/C14H28N2O/c1-5-12-7-6-8-15-13(12)9-16-14(17)11(4)10(2)3/h10-13,15H,5-9H2,1-4H3,(H,16,17). The molecule has 0 radical (unpaired) electrons. The first-order chi connectivity index (χ1) is 8.06. The van der Waals surface area contributed by atoms with Gasteiger partial charge in [-0.1, -0.05) is 34.1 Å². The SMILES string of the molecule is CCC1CCCNC1CNC(=O)C(C)C(C)C. The molecule has 1 fully saturated rings. The van der Waals surface area contributed by atoms with Gasteiger partial charge in [0.05, 0.1) is 0 Å². The summed E-state index contributed by atoms with van der Waals surface area (Å²) >= 11 is 0. The maximum atomic E-state index is 11.9. The maximum absolute atomic E-state index is 11.9. The van der Waals surface area contributed by atoms with Gasteiger partial charge in [0.15, 0.2) is 0 Å². The molecule has 1 aliphatic rings. The van der Waals surface area contributed by atoms with Crippen molar-refractivity contribution in [3.8, 4) is 0 Å². The Morgan fingerprint density at radius 1 is 1.41 bits per heavy atom. The van der Waals surface area contributed by atoms with Crippen molar-refractivity contribution in [2.75, 3.05) is 13.1 Å².